The molecule has 0 aliphatic carbocycles. The molecule has 0 saturated carbocycles. The van der Waals surface area contributed by atoms with Gasteiger partial charge in [0.25, 0.3) is 12.3 Å². The second-order valence-electron chi connectivity index (χ2n) is 13.2. The number of rotatable bonds is 11. The van der Waals surface area contributed by atoms with Crippen molar-refractivity contribution in [2.24, 2.45) is 0 Å². The van der Waals surface area contributed by atoms with Crippen LogP contribution in [0, 0.1) is 13.8 Å². The Balaban J connectivity index is 1.14. The van der Waals surface area contributed by atoms with Crippen LogP contribution in [0.2, 0.25) is 0 Å². The van der Waals surface area contributed by atoms with Crippen LogP contribution in [0.4, 0.5) is 26.0 Å². The first kappa shape index (κ1) is 34.6. The molecule has 266 valence electrons. The zero-order valence-corrected chi connectivity index (χ0v) is 28.5. The van der Waals surface area contributed by atoms with Crippen molar-refractivity contribution in [3.8, 4) is 11.1 Å². The van der Waals surface area contributed by atoms with Crippen molar-refractivity contribution < 1.29 is 23.8 Å². The van der Waals surface area contributed by atoms with Crippen LogP contribution in [0.25, 0.3) is 22.2 Å². The van der Waals surface area contributed by atoms with Gasteiger partial charge in [0.2, 0.25) is 0 Å². The predicted molar refractivity (Wildman–Crippen MR) is 190 cm³/mol. The number of nitrogens with one attached hydrogen (secondary N) is 3. The summed E-state index contributed by atoms with van der Waals surface area (Å²) in [6, 6.07) is 15.0. The number of aryl methyl sites for hydroxylation is 1. The van der Waals surface area contributed by atoms with Crippen LogP contribution >= 0.6 is 0 Å². The Labute approximate surface area is 294 Å². The molecule has 14 heteroatoms. The number of aliphatic hydroxyl groups excluding tert-OH is 2. The van der Waals surface area contributed by atoms with Crippen LogP contribution in [-0.2, 0) is 13.1 Å². The molecule has 1 unspecified atom stereocenters. The summed E-state index contributed by atoms with van der Waals surface area (Å²) >= 11 is 0. The van der Waals surface area contributed by atoms with Crippen molar-refractivity contribution in [1.82, 2.24) is 34.9 Å². The molecule has 0 radical (unpaired) electrons. The van der Waals surface area contributed by atoms with Crippen molar-refractivity contribution >= 4 is 34.1 Å². The maximum atomic E-state index is 14.0. The average molecular weight is 698 g/mol. The van der Waals surface area contributed by atoms with Gasteiger partial charge >= 0.3 is 0 Å². The monoisotopic (exact) mass is 697 g/mol. The van der Waals surface area contributed by atoms with Gasteiger partial charge in [-0.2, -0.15) is 5.10 Å². The van der Waals surface area contributed by atoms with Gasteiger partial charge in [-0.3, -0.25) is 19.4 Å². The van der Waals surface area contributed by atoms with E-state index in [1.807, 2.05) is 61.0 Å². The van der Waals surface area contributed by atoms with Gasteiger partial charge in [0.05, 0.1) is 23.9 Å². The highest BCUT2D eigenvalue weighted by Crippen LogP contribution is 2.36. The van der Waals surface area contributed by atoms with E-state index >= 15 is 0 Å². The van der Waals surface area contributed by atoms with Crippen LogP contribution in [0.1, 0.15) is 70.4 Å². The summed E-state index contributed by atoms with van der Waals surface area (Å²) in [5.41, 5.74) is 7.53. The smallest absolute Gasteiger partial charge is 0.297 e. The van der Waals surface area contributed by atoms with Gasteiger partial charge < -0.3 is 26.2 Å². The molecule has 0 bridgehead atoms. The molecule has 1 fully saturated rings. The van der Waals surface area contributed by atoms with E-state index < -0.39 is 12.2 Å². The van der Waals surface area contributed by atoms with Crippen molar-refractivity contribution in [2.45, 2.75) is 64.8 Å². The van der Waals surface area contributed by atoms with E-state index in [1.165, 1.54) is 0 Å². The van der Waals surface area contributed by atoms with E-state index in [1.54, 1.807) is 12.3 Å². The molecule has 2 aliphatic rings. The minimum Gasteiger partial charge on any atom is -0.395 e. The van der Waals surface area contributed by atoms with Gasteiger partial charge in [0.1, 0.15) is 5.52 Å². The standard InChI is InChI=1S/C37H41F2N9O3/c1-21-25(26-7-4-9-28(22(26)2)44-37(51)31-17-32-29(40-12-15-49)10-5-13-48(32)46-31)6-3-8-27(21)42-35-33-30(43-36(45-35)34(38)39)16-23(18-41-33)19-47-14-11-24(50)20-47/h3-4,6-9,16-18,24,29,34,40,49-50H,5,10-15,19-20H2,1-2H3,(H,44,51)(H,42,43,45)/t24-,29?/m1/s1. The number of likely N-dealkylation sites (tertiary alicyclic amines) is 1. The van der Waals surface area contributed by atoms with Gasteiger partial charge in [-0.1, -0.05) is 24.3 Å². The Hall–Kier alpha value is -4.89. The van der Waals surface area contributed by atoms with E-state index in [0.29, 0.717) is 54.2 Å². The van der Waals surface area contributed by atoms with E-state index in [-0.39, 0.29) is 30.5 Å². The molecule has 5 heterocycles. The number of alkyl halides is 2. The third-order valence-electron chi connectivity index (χ3n) is 9.68. The molecule has 5 aromatic rings. The number of hydrogen-bond donors (Lipinski definition) is 5. The van der Waals surface area contributed by atoms with Gasteiger partial charge in [0.15, 0.2) is 17.3 Å². The minimum absolute atomic E-state index is 0.0278. The second kappa shape index (κ2) is 14.8. The van der Waals surface area contributed by atoms with Crippen LogP contribution in [0.5, 0.6) is 0 Å². The summed E-state index contributed by atoms with van der Waals surface area (Å²) < 4.78 is 29.9. The highest BCUT2D eigenvalue weighted by atomic mass is 19.3. The van der Waals surface area contributed by atoms with E-state index in [9.17, 15) is 23.8 Å². The fraction of sp³-hybridized carbons (Fsp3) is 0.378. The first-order valence-corrected chi connectivity index (χ1v) is 17.2. The quantitative estimate of drug-likeness (QED) is 0.121. The summed E-state index contributed by atoms with van der Waals surface area (Å²) in [6.07, 6.45) is 0.983. The Bertz CT molecular complexity index is 2070. The molecule has 2 aromatic carbocycles. The maximum Gasteiger partial charge on any atom is 0.297 e. The summed E-state index contributed by atoms with van der Waals surface area (Å²) in [6.45, 7) is 6.95. The van der Waals surface area contributed by atoms with Crippen molar-refractivity contribution in [1.29, 1.82) is 0 Å². The van der Waals surface area contributed by atoms with Gasteiger partial charge in [0, 0.05) is 56.3 Å². The average Bonchev–Trinajstić information content (AvgIpc) is 3.75. The fourth-order valence-corrected chi connectivity index (χ4v) is 7.04. The Morgan fingerprint density at radius 3 is 2.51 bits per heavy atom. The summed E-state index contributed by atoms with van der Waals surface area (Å²) in [5.74, 6) is -0.735. The van der Waals surface area contributed by atoms with E-state index in [2.05, 4.69) is 40.9 Å². The lowest BCUT2D eigenvalue weighted by Crippen LogP contribution is -2.29. The third kappa shape index (κ3) is 7.31. The van der Waals surface area contributed by atoms with Crippen molar-refractivity contribution in [2.75, 3.05) is 36.9 Å². The lowest BCUT2D eigenvalue weighted by Gasteiger charge is -2.24. The van der Waals surface area contributed by atoms with Crippen LogP contribution in [0.3, 0.4) is 0 Å². The number of benzene rings is 2. The first-order valence-electron chi connectivity index (χ1n) is 17.2. The van der Waals surface area contributed by atoms with Crippen molar-refractivity contribution in [3.63, 3.8) is 0 Å². The van der Waals surface area contributed by atoms with E-state index in [4.69, 9.17) is 0 Å². The van der Waals surface area contributed by atoms with Gasteiger partial charge in [-0.15, -0.1) is 0 Å². The molecule has 0 spiro atoms. The predicted octanol–water partition coefficient (Wildman–Crippen LogP) is 5.42. The number of aromatic nitrogens is 5. The topological polar surface area (TPSA) is 153 Å². The first-order chi connectivity index (χ1) is 24.7. The highest BCUT2D eigenvalue weighted by Gasteiger charge is 2.25. The number of β-amino-alcohol motifs (C(OH)–C–C–N with tert-alkyl or cyclic N) is 1. The van der Waals surface area contributed by atoms with Crippen LogP contribution < -0.4 is 16.0 Å². The number of nitrogens with zero attached hydrogens (tertiary/aromatic N) is 6. The minimum atomic E-state index is -2.88. The molecular formula is C37H41F2N9O3. The van der Waals surface area contributed by atoms with Crippen LogP contribution in [0.15, 0.2) is 54.7 Å². The number of pyridine rings is 1. The number of hydrogen-bond acceptors (Lipinski definition) is 10. The molecule has 12 nitrogen and oxygen atoms in total. The van der Waals surface area contributed by atoms with Gasteiger partial charge in [-0.25, -0.2) is 18.7 Å². The molecule has 2 atom stereocenters. The molecule has 2 aliphatic heterocycles. The Morgan fingerprint density at radius 2 is 1.78 bits per heavy atom. The number of anilines is 3. The zero-order chi connectivity index (χ0) is 35.6. The lowest BCUT2D eigenvalue weighted by atomic mass is 9.94. The Morgan fingerprint density at radius 1 is 1.02 bits per heavy atom. The number of amides is 1. The molecular weight excluding hydrogens is 656 g/mol. The molecule has 3 aromatic heterocycles. The lowest BCUT2D eigenvalue weighted by molar-refractivity contribution is 0.102. The second-order valence-corrected chi connectivity index (χ2v) is 13.2. The summed E-state index contributed by atoms with van der Waals surface area (Å²) in [7, 11) is 0. The number of carbonyl (C=O) groups is 1. The zero-order valence-electron chi connectivity index (χ0n) is 28.5. The molecule has 1 saturated heterocycles. The SMILES string of the molecule is Cc1c(NC(=O)c2cc3n(n2)CCCC3NCCO)cccc1-c1cccc(Nc2nc(C(F)F)nc3cc(CN4CC[C@@H](O)C4)cnc23)c1C. The third-order valence-corrected chi connectivity index (χ3v) is 9.68. The molecule has 7 rings (SSSR count). The number of halogens is 2. The number of aliphatic hydroxyl groups is 2. The van der Waals surface area contributed by atoms with Crippen LogP contribution in [-0.4, -0.2) is 78.1 Å². The largest absolute Gasteiger partial charge is 0.395 e. The maximum absolute atomic E-state index is 14.0. The molecule has 5 N–H and O–H groups in total. The fourth-order valence-electron chi connectivity index (χ4n) is 7.04. The number of fused-ring (bicyclic) bond motifs is 2. The normalized spacial score (nSPS) is 17.6. The summed E-state index contributed by atoms with van der Waals surface area (Å²) in [4.78, 5) is 28.4. The van der Waals surface area contributed by atoms with E-state index in [0.717, 1.165) is 59.4 Å². The van der Waals surface area contributed by atoms with Crippen molar-refractivity contribution in [3.05, 3.63) is 88.6 Å². The summed E-state index contributed by atoms with van der Waals surface area (Å²) in [5, 5.41) is 33.3. The highest BCUT2D eigenvalue weighted by molar-refractivity contribution is 6.04. The number of carbonyl (C=O) groups excluding carboxylic acids is 1. The Kier molecular flexibility index (Phi) is 10.0. The van der Waals surface area contributed by atoms with Gasteiger partial charge in [-0.05, 0) is 85.2 Å². The molecule has 1 amide bonds. The molecule has 51 heavy (non-hydrogen) atoms.